The summed E-state index contributed by atoms with van der Waals surface area (Å²) in [5.41, 5.74) is 14.5. The zero-order valence-electron chi connectivity index (χ0n) is 86.1. The molecule has 0 aliphatic carbocycles. The van der Waals surface area contributed by atoms with Crippen LogP contribution in [0.15, 0.2) is 219 Å². The molecule has 5 aromatic carbocycles. The van der Waals surface area contributed by atoms with Gasteiger partial charge in [-0.1, -0.05) is 73.7 Å². The van der Waals surface area contributed by atoms with Gasteiger partial charge in [0.25, 0.3) is 27.7 Å². The molecule has 11 aromatic rings. The number of hydrogen-bond donors (Lipinski definition) is 9. The predicted molar refractivity (Wildman–Crippen MR) is 532 cm³/mol. The quantitative estimate of drug-likeness (QED) is 0.00455. The molecular weight excluding hydrogens is 2020 g/mol. The van der Waals surface area contributed by atoms with Crippen molar-refractivity contribution in [2.75, 3.05) is 66.1 Å². The van der Waals surface area contributed by atoms with Gasteiger partial charge in [-0.25, -0.2) is 66.7 Å². The van der Waals surface area contributed by atoms with Gasteiger partial charge in [0, 0.05) is 86.5 Å². The van der Waals surface area contributed by atoms with Crippen LogP contribution in [0.3, 0.4) is 0 Å². The van der Waals surface area contributed by atoms with Crippen molar-refractivity contribution in [3.63, 3.8) is 0 Å². The summed E-state index contributed by atoms with van der Waals surface area (Å²) in [6.07, 6.45) is 9.87. The van der Waals surface area contributed by atoms with E-state index in [2.05, 4.69) is 69.8 Å². The molecule has 792 valence electrons. The number of benzene rings is 5. The molecule has 0 radical (unpaired) electrons. The van der Waals surface area contributed by atoms with E-state index in [9.17, 15) is 80.3 Å². The summed E-state index contributed by atoms with van der Waals surface area (Å²) in [5, 5.41) is 42.6. The smallest absolute Gasteiger partial charge is 1.00 e. The molecule has 0 aliphatic heterocycles. The fourth-order valence-corrected chi connectivity index (χ4v) is 12.9. The minimum atomic E-state index is -3.51. The maximum atomic E-state index is 12.9. The van der Waals surface area contributed by atoms with E-state index in [-0.39, 0.29) is 164 Å². The number of nitrogens with one attached hydrogen (secondary N) is 5. The Morgan fingerprint density at radius 1 is 0.470 bits per heavy atom. The monoisotopic (exact) mass is 2140 g/mol. The Morgan fingerprint density at radius 3 is 1.14 bits per heavy atom. The fraction of sp³-hybridized carbons (Fsp3) is 0.320. The number of carbonyl (C=O) groups is 12. The average molecular weight is 2140 g/mol. The Hall–Kier alpha value is -14.3. The van der Waals surface area contributed by atoms with Crippen molar-refractivity contribution in [2.45, 2.75) is 148 Å². The Kier molecular flexibility index (Phi) is 59.1. The molecule has 0 spiro atoms. The first kappa shape index (κ1) is 135. The molecule has 6 heterocycles. The van der Waals surface area contributed by atoms with E-state index in [0.717, 1.165) is 39.1 Å². The van der Waals surface area contributed by atoms with Gasteiger partial charge in [0.05, 0.1) is 129 Å². The average Bonchev–Trinajstić information content (AvgIpc) is 0.764. The number of ether oxygens (including phenoxy) is 9. The number of aromatic carboxylic acids is 1. The van der Waals surface area contributed by atoms with Crippen LogP contribution in [-0.2, 0) is 126 Å². The minimum absolute atomic E-state index is 0. The van der Waals surface area contributed by atoms with Gasteiger partial charge < -0.3 is 104 Å². The summed E-state index contributed by atoms with van der Waals surface area (Å²) in [5.74, 6) is -4.76. The molecule has 11 rings (SSSR count). The number of alkyl carbamates (subject to hydrolysis) is 3. The zero-order chi connectivity index (χ0) is 109. The molecular formula is C97H120K2N18O31S. The molecule has 5 amide bonds. The third-order valence-corrected chi connectivity index (χ3v) is 20.3. The largest absolute Gasteiger partial charge is 1.00 e. The summed E-state index contributed by atoms with van der Waals surface area (Å²) in [6, 6.07) is 35.2. The summed E-state index contributed by atoms with van der Waals surface area (Å²) < 4.78 is 74.9. The summed E-state index contributed by atoms with van der Waals surface area (Å²) in [4.78, 5) is 207. The van der Waals surface area contributed by atoms with Crippen molar-refractivity contribution in [1.29, 1.82) is 10.8 Å². The second-order valence-corrected chi connectivity index (χ2v) is 34.7. The van der Waals surface area contributed by atoms with Crippen LogP contribution in [-0.4, -0.2) is 215 Å². The van der Waals surface area contributed by atoms with E-state index < -0.39 is 140 Å². The van der Waals surface area contributed by atoms with Gasteiger partial charge in [0.15, 0.2) is 0 Å². The van der Waals surface area contributed by atoms with Crippen LogP contribution in [0.25, 0.3) is 33.2 Å². The number of anilines is 3. The van der Waals surface area contributed by atoms with E-state index in [1.807, 2.05) is 6.92 Å². The topological polar surface area (TPSA) is 718 Å². The van der Waals surface area contributed by atoms with E-state index in [1.54, 1.807) is 198 Å². The molecule has 0 unspecified atom stereocenters. The molecule has 49 nitrogen and oxygen atoms in total. The Labute approximate surface area is 942 Å². The van der Waals surface area contributed by atoms with E-state index in [0.29, 0.717) is 68.5 Å². The van der Waals surface area contributed by atoms with Crippen LogP contribution >= 0.6 is 0 Å². The van der Waals surface area contributed by atoms with Crippen LogP contribution < -0.4 is 175 Å². The molecule has 0 bridgehead atoms. The molecule has 6 aromatic heterocycles. The number of carbonyl (C=O) groups excluding carboxylic acids is 11. The number of pyridine rings is 4. The molecule has 0 fully saturated rings. The van der Waals surface area contributed by atoms with Crippen molar-refractivity contribution in [3.8, 4) is 11.4 Å². The van der Waals surface area contributed by atoms with Crippen molar-refractivity contribution in [2.24, 2.45) is 19.8 Å². The maximum absolute atomic E-state index is 12.9. The second kappa shape index (κ2) is 65.4. The Balaban J connectivity index is 0. The number of urea groups is 1. The van der Waals surface area contributed by atoms with Crippen molar-refractivity contribution in [3.05, 3.63) is 281 Å². The Morgan fingerprint density at radius 2 is 0.799 bits per heavy atom. The third kappa shape index (κ3) is 44.3. The van der Waals surface area contributed by atoms with Crippen molar-refractivity contribution >= 4 is 122 Å². The number of amides is 5. The first-order chi connectivity index (χ1) is 68.3. The molecule has 13 N–H and O–H groups in total. The van der Waals surface area contributed by atoms with Gasteiger partial charge in [-0.05, 0) is 183 Å². The molecule has 52 heteroatoms. The van der Waals surface area contributed by atoms with Crippen molar-refractivity contribution < 1.29 is 232 Å². The zero-order valence-corrected chi connectivity index (χ0v) is 92.2. The number of aryl methyl sites for hydroxylation is 3. The van der Waals surface area contributed by atoms with Gasteiger partial charge in [-0.2, -0.15) is 8.42 Å². The number of carboxylic acid groups (broad SMARTS) is 1. The summed E-state index contributed by atoms with van der Waals surface area (Å²) in [6.45, 7) is 17.3. The predicted octanol–water partition coefficient (Wildman–Crippen LogP) is 2.10. The van der Waals surface area contributed by atoms with E-state index in [1.165, 1.54) is 119 Å². The number of esters is 6. The first-order valence-electron chi connectivity index (χ1n) is 42.8. The van der Waals surface area contributed by atoms with E-state index in [4.69, 9.17) is 65.8 Å². The van der Waals surface area contributed by atoms with Crippen LogP contribution in [0.1, 0.15) is 130 Å². The number of hydrogen-bond acceptors (Lipinski definition) is 39. The number of aromatic nitrogens is 8. The normalized spacial score (nSPS) is 11.1. The van der Waals surface area contributed by atoms with Gasteiger partial charge in [-0.15, -0.1) is 0 Å². The maximum Gasteiger partial charge on any atom is 1.00 e. The number of rotatable bonds is 25. The first-order valence-corrected chi connectivity index (χ1v) is 44.2. The molecule has 4 atom stereocenters. The Bertz CT molecular complexity index is 6730. The van der Waals surface area contributed by atoms with Crippen LogP contribution in [0.5, 0.6) is 0 Å². The SMILES string of the molecule is C.COC(=O)[C@@H](N)Cc1ccc(-n2c(=O)c3ccncc3n(C)c2=O)cc1.COC(=O)[C@H](Cc1ccc(-n2c(=O)c3ccncc3n(C)c2=O)cc1)NC(=O)OC(C)(C)C.COC(=O)[C@H](Cc1ccc(N)cc1)NC(=O)OC(C)(C)C.COC(=O)c1ccncc1C(=O)O.COC(=O)c1ccncc1NC(=O)Nc1ccc(C[C@H](NC(=O)OC(C)(C)C)C(=O)OC)cc1.COS(=O)(=O)c1ccc(C)cc1.N.N#N.O=CO[O-].[H-].[K+].[K+]. The second-order valence-electron chi connectivity index (χ2n) is 33.0. The number of carboxylic acids is 1. The molecule has 0 aliphatic rings. The minimum Gasteiger partial charge on any atom is -1.00 e. The number of nitrogen functional groups attached to an aromatic ring is 1. The van der Waals surface area contributed by atoms with Crippen LogP contribution in [0, 0.1) is 17.7 Å². The fourth-order valence-electron chi connectivity index (χ4n) is 12.3. The number of nitrogens with zero attached hydrogens (tertiary/aromatic N) is 10. The third-order valence-electron chi connectivity index (χ3n) is 19.0. The number of nitrogens with two attached hydrogens (primary N) is 2. The van der Waals surface area contributed by atoms with Gasteiger partial charge in [0.1, 0.15) is 41.0 Å². The van der Waals surface area contributed by atoms with Crippen LogP contribution in [0.2, 0.25) is 0 Å². The standard InChI is InChI=1S/C23H28N4O7.C23H26N4O6.C18H18N4O4.C15H22N2O4.C8H7NO4.C8H10O3S.CH2O3.CH4.2K.N2.H3N.H/c1-23(2,3)34-22(31)27-17(20(29)33-5)12-14-6-8-15(9-7-14)25-21(30)26-18-13-24-11-10-16(18)19(28)32-4;1-23(2,3)33-21(30)25-17(20(29)32-5)12-14-6-8-15(9-7-14)27-19(28)16-10-11-24-13-18(16)26(4)22(27)31;1-21-15-10-20-8-7-13(15)16(23)22(18(21)25)12-5-3-11(4-6-12)9-14(19)17(24)26-2;1-15(2,3)21-14(19)17-12(13(18)20-4)9-10-5-7-11(16)8-6-10;1-13-8(12)5-2-3-9-4-6(5)7(10)11;1-7-3-5-8(6-4-7)12(9,10)11-2;2-1-4-3;;;;1-2;;/h6-11,13,17H,12H2,1-5H3,(H,27,31)(H2,25,26,30);6-11,13,17H,12H2,1-5H3,(H,25,30);3-8,10,14H,9,19H2,1-2H3;5-8,12H,9,16H2,1-4H3,(H,17,19);2-4H,1H3,(H,10,11);3-6H,1-2H3;1,3H;1H4;;;;1H3;/q;;;;;;;;2*+1;;;-1/p-1/t2*17-;14-;12-;;;;;;;;;/m0000........./s1. The number of methoxy groups -OCH3 is 6. The van der Waals surface area contributed by atoms with E-state index >= 15 is 0 Å². The molecule has 0 saturated heterocycles. The van der Waals surface area contributed by atoms with Gasteiger partial charge in [-0.3, -0.25) is 52.4 Å². The molecule has 0 saturated carbocycles. The van der Waals surface area contributed by atoms with Crippen molar-refractivity contribution in [1.82, 2.24) is 60.3 Å². The van der Waals surface area contributed by atoms with Crippen LogP contribution in [0.4, 0.5) is 36.2 Å². The number of fused-ring (bicyclic) bond motifs is 2. The summed E-state index contributed by atoms with van der Waals surface area (Å²) >= 11 is 0. The van der Waals surface area contributed by atoms with Gasteiger partial charge >= 0.3 is 180 Å². The van der Waals surface area contributed by atoms with Gasteiger partial charge in [0.2, 0.25) is 0 Å². The summed E-state index contributed by atoms with van der Waals surface area (Å²) in [7, 11) is 8.23. The molecule has 149 heavy (non-hydrogen) atoms.